The molecule has 0 unspecified atom stereocenters. The molecule has 0 saturated carbocycles. The second kappa shape index (κ2) is 16.6. The van der Waals surface area contributed by atoms with E-state index in [1.165, 1.54) is 39.5 Å². The van der Waals surface area contributed by atoms with Gasteiger partial charge in [-0.25, -0.2) is 0 Å². The summed E-state index contributed by atoms with van der Waals surface area (Å²) in [6, 6.07) is 83.6. The number of aromatic nitrogens is 4. The Balaban J connectivity index is 1.20. The summed E-state index contributed by atoms with van der Waals surface area (Å²) in [6.45, 7) is 4.34. The van der Waals surface area contributed by atoms with Gasteiger partial charge in [-0.3, -0.25) is 0 Å². The summed E-state index contributed by atoms with van der Waals surface area (Å²) in [5.74, 6) is 1.86. The van der Waals surface area contributed by atoms with Gasteiger partial charge in [-0.15, -0.1) is 0 Å². The zero-order valence-corrected chi connectivity index (χ0v) is 37.8. The molecule has 11 aromatic rings. The van der Waals surface area contributed by atoms with Gasteiger partial charge in [0.05, 0.1) is 0 Å². The Morgan fingerprint density at radius 2 is 0.750 bits per heavy atom. The maximum absolute atomic E-state index is 5.39. The van der Waals surface area contributed by atoms with Gasteiger partial charge in [0.2, 0.25) is 0 Å². The van der Waals surface area contributed by atoms with E-state index in [9.17, 15) is 0 Å². The van der Waals surface area contributed by atoms with Crippen molar-refractivity contribution in [3.8, 4) is 51.0 Å². The van der Waals surface area contributed by atoms with Crippen molar-refractivity contribution in [1.82, 2.24) is 19.5 Å². The van der Waals surface area contributed by atoms with Crippen LogP contribution >= 0.6 is 0 Å². The number of fused-ring (bicyclic) bond motifs is 3. The molecule has 11 rings (SSSR count). The molecule has 2 aromatic heterocycles. The van der Waals surface area contributed by atoms with Crippen LogP contribution < -0.4 is 17.6 Å². The summed E-state index contributed by atoms with van der Waals surface area (Å²) in [7, 11) is 0. The Labute approximate surface area is 376 Å². The molecule has 9 aromatic carbocycles. The average Bonchev–Trinajstić information content (AvgIpc) is 3.67. The fourth-order valence-electron chi connectivity index (χ4n) is 9.60. The molecule has 0 N–H and O–H groups in total. The molecule has 2 heterocycles. The van der Waals surface area contributed by atoms with Crippen LogP contribution in [0.5, 0.6) is 0 Å². The zero-order chi connectivity index (χ0) is 43.0. The van der Waals surface area contributed by atoms with E-state index >= 15 is 0 Å². The molecule has 5 heteroatoms. The van der Waals surface area contributed by atoms with Gasteiger partial charge in [0, 0.05) is 0 Å². The fourth-order valence-corrected chi connectivity index (χ4v) is 19.6. The van der Waals surface area contributed by atoms with Gasteiger partial charge >= 0.3 is 353 Å². The molecule has 0 fully saturated rings. The van der Waals surface area contributed by atoms with Crippen LogP contribution in [-0.4, -0.2) is 32.8 Å². The molecule has 0 atom stereocenters. The molecule has 0 spiro atoms. The molecular formula is C59H44GeN4. The number of aryl methyl sites for hydroxylation is 2. The van der Waals surface area contributed by atoms with Crippen LogP contribution in [0.3, 0.4) is 0 Å². The number of rotatable bonds is 9. The summed E-state index contributed by atoms with van der Waals surface area (Å²) in [4.78, 5) is 15.9. The van der Waals surface area contributed by atoms with Crippen molar-refractivity contribution < 1.29 is 0 Å². The third-order valence-electron chi connectivity index (χ3n) is 12.5. The van der Waals surface area contributed by atoms with Gasteiger partial charge in [0.25, 0.3) is 0 Å². The number of benzene rings is 9. The number of nitrogens with zero attached hydrogens (tertiary/aromatic N) is 4. The molecule has 0 aliphatic heterocycles. The van der Waals surface area contributed by atoms with E-state index in [1.807, 2.05) is 36.4 Å². The average molecular weight is 882 g/mol. The third-order valence-corrected chi connectivity index (χ3v) is 22.6. The van der Waals surface area contributed by atoms with Crippen LogP contribution in [0.1, 0.15) is 11.1 Å². The summed E-state index contributed by atoms with van der Waals surface area (Å²) >= 11 is -3.52. The Morgan fingerprint density at radius 3 is 1.20 bits per heavy atom. The van der Waals surface area contributed by atoms with Crippen molar-refractivity contribution in [2.45, 2.75) is 13.8 Å². The molecule has 0 radical (unpaired) electrons. The van der Waals surface area contributed by atoms with E-state index in [2.05, 4.69) is 213 Å². The third kappa shape index (κ3) is 6.84. The predicted octanol–water partition coefficient (Wildman–Crippen LogP) is 11.6. The molecule has 0 aliphatic carbocycles. The van der Waals surface area contributed by atoms with Gasteiger partial charge < -0.3 is 0 Å². The van der Waals surface area contributed by atoms with E-state index in [-0.39, 0.29) is 0 Å². The van der Waals surface area contributed by atoms with Crippen LogP contribution in [0.2, 0.25) is 0 Å². The minimum atomic E-state index is -3.52. The molecular weight excluding hydrogens is 837 g/mol. The summed E-state index contributed by atoms with van der Waals surface area (Å²) in [5.41, 5.74) is 10.6. The Hall–Kier alpha value is -7.67. The first-order valence-corrected chi connectivity index (χ1v) is 26.1. The Kier molecular flexibility index (Phi) is 10.1. The topological polar surface area (TPSA) is 43.6 Å². The summed E-state index contributed by atoms with van der Waals surface area (Å²) < 4.78 is 7.93. The van der Waals surface area contributed by atoms with E-state index < -0.39 is 13.3 Å². The quantitative estimate of drug-likeness (QED) is 0.136. The van der Waals surface area contributed by atoms with Crippen LogP contribution in [-0.2, 0) is 0 Å². The van der Waals surface area contributed by atoms with Gasteiger partial charge in [-0.1, -0.05) is 12.1 Å². The van der Waals surface area contributed by atoms with E-state index in [0.29, 0.717) is 17.5 Å². The van der Waals surface area contributed by atoms with Gasteiger partial charge in [-0.2, -0.15) is 0 Å². The van der Waals surface area contributed by atoms with Crippen molar-refractivity contribution in [3.63, 3.8) is 0 Å². The summed E-state index contributed by atoms with van der Waals surface area (Å²) in [6.07, 6.45) is 0. The first-order chi connectivity index (χ1) is 31.6. The normalized spacial score (nSPS) is 11.6. The Bertz CT molecular complexity index is 3210. The van der Waals surface area contributed by atoms with Crippen molar-refractivity contribution >= 4 is 52.7 Å². The second-order valence-electron chi connectivity index (χ2n) is 16.5. The Morgan fingerprint density at radius 1 is 0.344 bits per heavy atom. The monoisotopic (exact) mass is 882 g/mol. The van der Waals surface area contributed by atoms with Gasteiger partial charge in [0.1, 0.15) is 0 Å². The van der Waals surface area contributed by atoms with Crippen molar-refractivity contribution in [1.29, 1.82) is 0 Å². The SMILES string of the molecule is Cc1ccc2c(c1)c1cc(C)ccc1n2-c1cccc(-c2cc[c]([Ge]([c]3ccccc3)([c]3ccccc3)[c]3ccccc3)cc2)c1-c1nc(-c2ccccc2)nc(-c2ccccc2)n1. The van der Waals surface area contributed by atoms with Crippen LogP contribution in [0, 0.1) is 13.8 Å². The minimum absolute atomic E-state index is 0.612. The van der Waals surface area contributed by atoms with E-state index in [4.69, 9.17) is 15.0 Å². The predicted molar refractivity (Wildman–Crippen MR) is 269 cm³/mol. The summed E-state index contributed by atoms with van der Waals surface area (Å²) in [5, 5.41) is 2.44. The first kappa shape index (κ1) is 39.2. The number of hydrogen-bond donors (Lipinski definition) is 0. The standard InChI is InChI=1S/C59H44GeN4/c1-41-31-37-53-51(39-41)52-40-42(2)32-38-54(52)64(53)55-30-18-29-50(56(55)59-62-57(44-19-8-3-9-20-44)61-58(63-59)45-21-10-4-11-22-45)43-33-35-49(36-34-43)60(46-23-12-5-13-24-46,47-25-14-6-15-26-47)48-27-16-7-17-28-48/h3-40H,1-2H3. The zero-order valence-electron chi connectivity index (χ0n) is 35.7. The molecule has 64 heavy (non-hydrogen) atoms. The van der Waals surface area contributed by atoms with Crippen molar-refractivity contribution in [3.05, 3.63) is 242 Å². The number of hydrogen-bond acceptors (Lipinski definition) is 3. The molecule has 0 saturated heterocycles. The van der Waals surface area contributed by atoms with Gasteiger partial charge in [0.15, 0.2) is 0 Å². The molecule has 0 aliphatic rings. The van der Waals surface area contributed by atoms with Gasteiger partial charge in [-0.05, 0) is 13.8 Å². The molecule has 0 amide bonds. The van der Waals surface area contributed by atoms with E-state index in [1.54, 1.807) is 0 Å². The molecule has 304 valence electrons. The fraction of sp³-hybridized carbons (Fsp3) is 0.0339. The molecule has 0 bridgehead atoms. The first-order valence-electron chi connectivity index (χ1n) is 21.9. The van der Waals surface area contributed by atoms with Crippen LogP contribution in [0.4, 0.5) is 0 Å². The second-order valence-corrected chi connectivity index (χ2v) is 24.5. The molecule has 4 nitrogen and oxygen atoms in total. The van der Waals surface area contributed by atoms with Crippen LogP contribution in [0.15, 0.2) is 231 Å². The van der Waals surface area contributed by atoms with Crippen LogP contribution in [0.25, 0.3) is 72.8 Å². The van der Waals surface area contributed by atoms with E-state index in [0.717, 1.165) is 44.5 Å². The maximum atomic E-state index is 5.39. The van der Waals surface area contributed by atoms with Crippen molar-refractivity contribution in [2.75, 3.05) is 0 Å². The van der Waals surface area contributed by atoms with Crippen molar-refractivity contribution in [2.24, 2.45) is 0 Å².